The minimum Gasteiger partial charge on any atom is -0.478 e. The molecule has 0 saturated carbocycles. The molecule has 2 heterocycles. The molecule has 2 unspecified atom stereocenters. The molecule has 0 bridgehead atoms. The van der Waals surface area contributed by atoms with Crippen molar-refractivity contribution in [3.63, 3.8) is 0 Å². The van der Waals surface area contributed by atoms with Crippen molar-refractivity contribution in [2.24, 2.45) is 0 Å². The molecule has 1 aromatic heterocycles. The van der Waals surface area contributed by atoms with Gasteiger partial charge in [-0.2, -0.15) is 0 Å². The molecule has 3 aromatic carbocycles. The predicted molar refractivity (Wildman–Crippen MR) is 143 cm³/mol. The van der Waals surface area contributed by atoms with Gasteiger partial charge in [0.2, 0.25) is 6.10 Å². The highest BCUT2D eigenvalue weighted by Gasteiger charge is 2.51. The third kappa shape index (κ3) is 4.62. The molecule has 0 fully saturated rings. The first-order valence-corrected chi connectivity index (χ1v) is 12.4. The lowest BCUT2D eigenvalue weighted by Crippen LogP contribution is -2.58. The van der Waals surface area contributed by atoms with Crippen molar-refractivity contribution in [2.75, 3.05) is 18.0 Å². The minimum absolute atomic E-state index is 0.0223. The van der Waals surface area contributed by atoms with Crippen LogP contribution >= 0.6 is 0 Å². The fraction of sp³-hybridized carbons (Fsp3) is 0.200. The highest BCUT2D eigenvalue weighted by atomic mass is 16.5. The number of aryl methyl sites for hydroxylation is 2. The Bertz CT molecular complexity index is 1440. The lowest BCUT2D eigenvalue weighted by Gasteiger charge is -2.39. The Balaban J connectivity index is 1.72. The number of carboxylic acids is 1. The van der Waals surface area contributed by atoms with E-state index in [1.807, 2.05) is 72.8 Å². The second kappa shape index (κ2) is 10.4. The molecule has 1 aliphatic rings. The van der Waals surface area contributed by atoms with Crippen molar-refractivity contribution in [1.82, 2.24) is 15.3 Å². The topological polar surface area (TPSA) is 105 Å². The average molecular weight is 509 g/mol. The molecular weight excluding hydrogens is 480 g/mol. The zero-order valence-electron chi connectivity index (χ0n) is 21.2. The number of amides is 1. The van der Waals surface area contributed by atoms with E-state index < -0.39 is 17.6 Å². The van der Waals surface area contributed by atoms with E-state index >= 15 is 0 Å². The number of rotatable bonds is 6. The van der Waals surface area contributed by atoms with Gasteiger partial charge in [0, 0.05) is 41.3 Å². The number of para-hydroxylation sites is 1. The third-order valence-electron chi connectivity index (χ3n) is 6.66. The van der Waals surface area contributed by atoms with Crippen molar-refractivity contribution < 1.29 is 19.4 Å². The van der Waals surface area contributed by atoms with Gasteiger partial charge in [-0.25, -0.2) is 14.8 Å². The standard InChI is InChI=1S/C30H28N4O4/c1-20-19-21(2)33-29(32-20)38-26(28(36)37)30(23-13-7-4-8-14-23)24-15-9-10-16-25(24)34(18-17-31-30)27(35)22-11-5-3-6-12-22/h3-16,19,26,31H,17-18H2,1-2H3,(H,36,37). The number of carboxylic acid groups (broad SMARTS) is 1. The fourth-order valence-corrected chi connectivity index (χ4v) is 5.09. The van der Waals surface area contributed by atoms with Crippen LogP contribution in [0.3, 0.4) is 0 Å². The number of anilines is 1. The zero-order chi connectivity index (χ0) is 26.7. The summed E-state index contributed by atoms with van der Waals surface area (Å²) in [7, 11) is 0. The predicted octanol–water partition coefficient (Wildman–Crippen LogP) is 4.12. The van der Waals surface area contributed by atoms with Crippen LogP contribution in [0.1, 0.15) is 32.9 Å². The number of aliphatic carboxylic acids is 1. The number of nitrogens with one attached hydrogen (secondary N) is 1. The van der Waals surface area contributed by atoms with Crippen LogP contribution in [-0.2, 0) is 10.3 Å². The van der Waals surface area contributed by atoms with Crippen molar-refractivity contribution in [3.8, 4) is 6.01 Å². The van der Waals surface area contributed by atoms with Crippen LogP contribution in [-0.4, -0.2) is 46.1 Å². The van der Waals surface area contributed by atoms with Gasteiger partial charge in [-0.3, -0.25) is 10.1 Å². The zero-order valence-corrected chi connectivity index (χ0v) is 21.2. The van der Waals surface area contributed by atoms with Crippen LogP contribution in [0.15, 0.2) is 91.0 Å². The number of carbonyl (C=O) groups is 2. The number of ether oxygens (including phenoxy) is 1. The summed E-state index contributed by atoms with van der Waals surface area (Å²) in [6, 6.07) is 27.5. The van der Waals surface area contributed by atoms with Crippen molar-refractivity contribution in [3.05, 3.63) is 119 Å². The highest BCUT2D eigenvalue weighted by molar-refractivity contribution is 6.07. The lowest BCUT2D eigenvalue weighted by molar-refractivity contribution is -0.149. The molecule has 8 nitrogen and oxygen atoms in total. The largest absolute Gasteiger partial charge is 0.478 e. The molecule has 0 radical (unpaired) electrons. The fourth-order valence-electron chi connectivity index (χ4n) is 5.09. The van der Waals surface area contributed by atoms with Crippen LogP contribution in [0, 0.1) is 13.8 Å². The number of nitrogens with zero attached hydrogens (tertiary/aromatic N) is 3. The number of carbonyl (C=O) groups excluding carboxylic acids is 1. The molecule has 2 atom stereocenters. The van der Waals surface area contributed by atoms with Gasteiger partial charge in [-0.05, 0) is 43.7 Å². The van der Waals surface area contributed by atoms with Gasteiger partial charge in [-0.1, -0.05) is 66.7 Å². The van der Waals surface area contributed by atoms with E-state index in [2.05, 4.69) is 15.3 Å². The lowest BCUT2D eigenvalue weighted by atomic mass is 9.77. The summed E-state index contributed by atoms with van der Waals surface area (Å²) in [6.07, 6.45) is -1.46. The first-order valence-electron chi connectivity index (χ1n) is 12.4. The van der Waals surface area contributed by atoms with Crippen molar-refractivity contribution in [2.45, 2.75) is 25.5 Å². The number of aromatic nitrogens is 2. The SMILES string of the molecule is Cc1cc(C)nc(OC(C(=O)O)C2(c3ccccc3)NCCN(C(=O)c3ccccc3)c3ccccc32)n1. The Labute approximate surface area is 220 Å². The maximum Gasteiger partial charge on any atom is 0.347 e. The summed E-state index contributed by atoms with van der Waals surface area (Å²) < 4.78 is 6.14. The molecular formula is C30H28N4O4. The summed E-state index contributed by atoms with van der Waals surface area (Å²) >= 11 is 0. The number of hydrogen-bond donors (Lipinski definition) is 2. The average Bonchev–Trinajstić information content (AvgIpc) is 3.09. The van der Waals surface area contributed by atoms with E-state index in [4.69, 9.17) is 4.74 Å². The summed E-state index contributed by atoms with van der Waals surface area (Å²) in [4.78, 5) is 37.1. The van der Waals surface area contributed by atoms with Crippen LogP contribution in [0.5, 0.6) is 6.01 Å². The van der Waals surface area contributed by atoms with Crippen molar-refractivity contribution >= 4 is 17.6 Å². The Morgan fingerprint density at radius 1 is 0.921 bits per heavy atom. The Morgan fingerprint density at radius 2 is 1.53 bits per heavy atom. The van der Waals surface area contributed by atoms with E-state index in [-0.39, 0.29) is 11.9 Å². The van der Waals surface area contributed by atoms with Gasteiger partial charge >= 0.3 is 12.0 Å². The first-order chi connectivity index (χ1) is 18.4. The molecule has 0 aliphatic carbocycles. The summed E-state index contributed by atoms with van der Waals surface area (Å²) in [5, 5.41) is 14.1. The smallest absolute Gasteiger partial charge is 0.347 e. The molecule has 2 N–H and O–H groups in total. The van der Waals surface area contributed by atoms with Gasteiger partial charge in [0.05, 0.1) is 0 Å². The monoisotopic (exact) mass is 508 g/mol. The quantitative estimate of drug-likeness (QED) is 0.404. The maximum atomic E-state index is 13.7. The molecule has 0 spiro atoms. The Hall–Kier alpha value is -4.56. The minimum atomic E-state index is -1.46. The van der Waals surface area contributed by atoms with Crippen LogP contribution in [0.25, 0.3) is 0 Å². The highest BCUT2D eigenvalue weighted by Crippen LogP contribution is 2.42. The second-order valence-corrected chi connectivity index (χ2v) is 9.21. The summed E-state index contributed by atoms with van der Waals surface area (Å²) in [5.74, 6) is -1.36. The number of fused-ring (bicyclic) bond motifs is 1. The summed E-state index contributed by atoms with van der Waals surface area (Å²) in [5.41, 5.74) is 2.40. The molecule has 0 saturated heterocycles. The molecule has 38 heavy (non-hydrogen) atoms. The van der Waals surface area contributed by atoms with E-state index in [0.717, 1.165) is 0 Å². The normalized spacial score (nSPS) is 17.7. The van der Waals surface area contributed by atoms with Gasteiger partial charge in [0.15, 0.2) is 0 Å². The summed E-state index contributed by atoms with van der Waals surface area (Å²) in [6.45, 7) is 4.24. The van der Waals surface area contributed by atoms with E-state index in [1.54, 1.807) is 36.9 Å². The Kier molecular flexibility index (Phi) is 6.89. The maximum absolute atomic E-state index is 13.7. The second-order valence-electron chi connectivity index (χ2n) is 9.21. The van der Waals surface area contributed by atoms with E-state index in [0.29, 0.717) is 46.9 Å². The third-order valence-corrected chi connectivity index (χ3v) is 6.66. The van der Waals surface area contributed by atoms with Gasteiger partial charge in [0.1, 0.15) is 5.54 Å². The van der Waals surface area contributed by atoms with Gasteiger partial charge in [0.25, 0.3) is 5.91 Å². The van der Waals surface area contributed by atoms with E-state index in [1.165, 1.54) is 0 Å². The van der Waals surface area contributed by atoms with Crippen molar-refractivity contribution in [1.29, 1.82) is 0 Å². The number of hydrogen-bond acceptors (Lipinski definition) is 6. The molecule has 8 heteroatoms. The number of benzene rings is 3. The molecule has 192 valence electrons. The molecule has 4 aromatic rings. The van der Waals surface area contributed by atoms with Crippen LogP contribution < -0.4 is 15.0 Å². The Morgan fingerprint density at radius 3 is 2.18 bits per heavy atom. The molecule has 5 rings (SSSR count). The molecule has 1 amide bonds. The first kappa shape index (κ1) is 25.1. The van der Waals surface area contributed by atoms with Gasteiger partial charge in [-0.15, -0.1) is 0 Å². The van der Waals surface area contributed by atoms with E-state index in [9.17, 15) is 14.7 Å². The van der Waals surface area contributed by atoms with Crippen LogP contribution in [0.4, 0.5) is 5.69 Å². The van der Waals surface area contributed by atoms with Gasteiger partial charge < -0.3 is 14.7 Å². The van der Waals surface area contributed by atoms with Crippen LogP contribution in [0.2, 0.25) is 0 Å². The molecule has 1 aliphatic heterocycles.